The molecule has 1 saturated carbocycles. The molecule has 1 aliphatic carbocycles. The minimum absolute atomic E-state index is 0.00749. The van der Waals surface area contributed by atoms with E-state index in [9.17, 15) is 14.7 Å². The van der Waals surface area contributed by atoms with E-state index in [1.165, 1.54) is 19.3 Å². The molecule has 0 spiro atoms. The number of amides is 1. The summed E-state index contributed by atoms with van der Waals surface area (Å²) in [5.41, 5.74) is 4.48. The largest absolute Gasteiger partial charge is 0.481 e. The second-order valence-electron chi connectivity index (χ2n) is 13.9. The lowest BCUT2D eigenvalue weighted by Crippen LogP contribution is -2.46. The molecule has 5 rings (SSSR count). The smallest absolute Gasteiger partial charge is 0.303 e. The number of hydrogen-bond donors (Lipinski definition) is 3. The lowest BCUT2D eigenvalue weighted by molar-refractivity contribution is -0.276. The maximum atomic E-state index is 11.9. The summed E-state index contributed by atoms with van der Waals surface area (Å²) in [7, 11) is 0. The predicted octanol–water partition coefficient (Wildman–Crippen LogP) is 5.35. The molecule has 8 heteroatoms. The third-order valence-corrected chi connectivity index (χ3v) is 9.37. The molecule has 3 N–H and O–H groups in total. The molecule has 42 heavy (non-hydrogen) atoms. The van der Waals surface area contributed by atoms with Gasteiger partial charge in [-0.15, -0.1) is 0 Å². The highest BCUT2D eigenvalue weighted by Gasteiger charge is 2.51. The van der Waals surface area contributed by atoms with Crippen LogP contribution in [0.1, 0.15) is 94.4 Å². The summed E-state index contributed by atoms with van der Waals surface area (Å²) in [5, 5.41) is 21.1. The Morgan fingerprint density at radius 1 is 0.952 bits per heavy atom. The quantitative estimate of drug-likeness (QED) is 0.349. The summed E-state index contributed by atoms with van der Waals surface area (Å²) in [6, 6.07) is 16.4. The van der Waals surface area contributed by atoms with Gasteiger partial charge in [0, 0.05) is 43.6 Å². The second-order valence-corrected chi connectivity index (χ2v) is 13.9. The van der Waals surface area contributed by atoms with Crippen molar-refractivity contribution in [1.82, 2.24) is 10.2 Å². The third-order valence-electron chi connectivity index (χ3n) is 9.37. The number of rotatable bonds is 10. The van der Waals surface area contributed by atoms with Crippen molar-refractivity contribution in [3.8, 4) is 0 Å². The number of ether oxygens (including phenoxy) is 2. The van der Waals surface area contributed by atoms with Crippen LogP contribution in [-0.4, -0.2) is 52.2 Å². The fraction of sp³-hybridized carbons (Fsp3) is 0.588. The Morgan fingerprint density at radius 2 is 1.62 bits per heavy atom. The summed E-state index contributed by atoms with van der Waals surface area (Å²) in [5.74, 6) is -1.14. The van der Waals surface area contributed by atoms with Crippen molar-refractivity contribution in [2.75, 3.05) is 13.1 Å². The molecule has 3 fully saturated rings. The molecule has 3 aliphatic rings. The molecule has 1 amide bonds. The lowest BCUT2D eigenvalue weighted by Gasteiger charge is -2.43. The van der Waals surface area contributed by atoms with Crippen molar-refractivity contribution >= 4 is 11.9 Å². The molecule has 0 radical (unpaired) electrons. The van der Waals surface area contributed by atoms with Gasteiger partial charge in [0.15, 0.2) is 6.29 Å². The molecule has 2 heterocycles. The van der Waals surface area contributed by atoms with Crippen LogP contribution in [0.2, 0.25) is 0 Å². The van der Waals surface area contributed by atoms with Gasteiger partial charge >= 0.3 is 5.97 Å². The molecular formula is C34H46N2O6. The molecule has 2 saturated heterocycles. The molecule has 228 valence electrons. The van der Waals surface area contributed by atoms with Crippen LogP contribution in [0.3, 0.4) is 0 Å². The fourth-order valence-electron chi connectivity index (χ4n) is 7.65. The van der Waals surface area contributed by atoms with E-state index < -0.39 is 12.3 Å². The maximum absolute atomic E-state index is 11.9. The van der Waals surface area contributed by atoms with Crippen LogP contribution >= 0.6 is 0 Å². The van der Waals surface area contributed by atoms with Crippen molar-refractivity contribution in [2.24, 2.45) is 16.7 Å². The van der Waals surface area contributed by atoms with Gasteiger partial charge in [0.2, 0.25) is 5.91 Å². The highest BCUT2D eigenvalue weighted by molar-refractivity contribution is 5.80. The first-order valence-electron chi connectivity index (χ1n) is 15.3. The average Bonchev–Trinajstić information content (AvgIpc) is 3.19. The molecule has 2 unspecified atom stereocenters. The number of aliphatic hydroxyl groups is 1. The summed E-state index contributed by atoms with van der Waals surface area (Å²) >= 11 is 0. The predicted molar refractivity (Wildman–Crippen MR) is 159 cm³/mol. The molecule has 2 aliphatic heterocycles. The highest BCUT2D eigenvalue weighted by Crippen LogP contribution is 2.53. The van der Waals surface area contributed by atoms with Gasteiger partial charge in [0.05, 0.1) is 25.2 Å². The van der Waals surface area contributed by atoms with E-state index in [0.717, 1.165) is 35.3 Å². The molecule has 2 bridgehead atoms. The number of carboxylic acids is 1. The van der Waals surface area contributed by atoms with Crippen LogP contribution in [-0.2, 0) is 32.2 Å². The van der Waals surface area contributed by atoms with Crippen LogP contribution in [0.4, 0.5) is 0 Å². The summed E-state index contributed by atoms with van der Waals surface area (Å²) in [4.78, 5) is 25.3. The van der Waals surface area contributed by atoms with Crippen molar-refractivity contribution in [2.45, 2.75) is 97.5 Å². The number of carbonyl (C=O) groups excluding carboxylic acids is 1. The monoisotopic (exact) mass is 578 g/mol. The average molecular weight is 579 g/mol. The number of fused-ring (bicyclic) bond motifs is 2. The van der Waals surface area contributed by atoms with Crippen molar-refractivity contribution in [1.29, 1.82) is 0 Å². The topological polar surface area (TPSA) is 108 Å². The van der Waals surface area contributed by atoms with Gasteiger partial charge in [-0.2, -0.15) is 0 Å². The van der Waals surface area contributed by atoms with Gasteiger partial charge in [0.1, 0.15) is 0 Å². The minimum atomic E-state index is -0.983. The van der Waals surface area contributed by atoms with E-state index in [1.54, 1.807) is 0 Å². The van der Waals surface area contributed by atoms with E-state index in [0.29, 0.717) is 23.4 Å². The van der Waals surface area contributed by atoms with Gasteiger partial charge in [-0.05, 0) is 46.8 Å². The van der Waals surface area contributed by atoms with Crippen LogP contribution in [0.25, 0.3) is 0 Å². The Hall–Kier alpha value is -2.78. The van der Waals surface area contributed by atoms with Crippen molar-refractivity contribution in [3.05, 3.63) is 70.8 Å². The second kappa shape index (κ2) is 12.4. The van der Waals surface area contributed by atoms with Crippen LogP contribution in [0, 0.1) is 16.7 Å². The van der Waals surface area contributed by atoms with Crippen molar-refractivity contribution < 1.29 is 29.3 Å². The Bertz CT molecular complexity index is 1250. The van der Waals surface area contributed by atoms with E-state index in [-0.39, 0.29) is 43.5 Å². The molecule has 2 aromatic carbocycles. The standard InChI is InChI=1S/C34H46N2O6/c1-22-28(18-36-21-34(4)16-27(36)15-33(2,3)20-34)41-32(42-31(22)25-9-7-24(19-37)8-10-25)26-11-5-23(6-12-26)17-35-29(38)13-14-30(39)40/h5-12,22,27-28,31-32,37H,13-21H2,1-4H3,(H,35,38)(H,39,40)/t22-,27?,28+,31+,32+,34?/m0/s1. The van der Waals surface area contributed by atoms with E-state index >= 15 is 0 Å². The summed E-state index contributed by atoms with van der Waals surface area (Å²) in [6.45, 7) is 11.8. The first-order chi connectivity index (χ1) is 19.9. The fourth-order valence-corrected chi connectivity index (χ4v) is 7.65. The first kappa shape index (κ1) is 30.7. The van der Waals surface area contributed by atoms with Crippen LogP contribution in [0.15, 0.2) is 48.5 Å². The third kappa shape index (κ3) is 7.22. The zero-order valence-corrected chi connectivity index (χ0v) is 25.3. The molecule has 8 nitrogen and oxygen atoms in total. The van der Waals surface area contributed by atoms with Gasteiger partial charge in [0.25, 0.3) is 0 Å². The Kier molecular flexibility index (Phi) is 9.09. The number of benzene rings is 2. The Labute approximate surface area is 249 Å². The number of hydrogen-bond acceptors (Lipinski definition) is 6. The Balaban J connectivity index is 1.32. The maximum Gasteiger partial charge on any atom is 0.303 e. The SMILES string of the molecule is C[C@H]1[C@@H](CN2CC3(C)CC2CC(C)(C)C3)O[C@@H](c2ccc(CNC(=O)CCC(=O)O)cc2)O[C@H]1c1ccc(CO)cc1. The van der Waals surface area contributed by atoms with E-state index in [4.69, 9.17) is 14.6 Å². The zero-order valence-electron chi connectivity index (χ0n) is 25.3. The molecule has 2 aromatic rings. The number of aliphatic hydroxyl groups excluding tert-OH is 1. The minimum Gasteiger partial charge on any atom is -0.481 e. The van der Waals surface area contributed by atoms with Gasteiger partial charge < -0.3 is 25.0 Å². The summed E-state index contributed by atoms with van der Waals surface area (Å²) < 4.78 is 13.4. The molecular weight excluding hydrogens is 532 g/mol. The number of carbonyl (C=O) groups is 2. The molecule has 0 aromatic heterocycles. The van der Waals surface area contributed by atoms with Crippen molar-refractivity contribution in [3.63, 3.8) is 0 Å². The number of carboxylic acid groups (broad SMARTS) is 1. The summed E-state index contributed by atoms with van der Waals surface area (Å²) in [6.07, 6.45) is 2.77. The number of aliphatic carboxylic acids is 1. The highest BCUT2D eigenvalue weighted by atomic mass is 16.7. The molecule has 6 atom stereocenters. The van der Waals surface area contributed by atoms with Gasteiger partial charge in [-0.25, -0.2) is 0 Å². The number of nitrogens with zero attached hydrogens (tertiary/aromatic N) is 1. The number of nitrogens with one attached hydrogen (secondary N) is 1. The number of likely N-dealkylation sites (tertiary alicyclic amines) is 1. The normalized spacial score (nSPS) is 30.6. The van der Waals surface area contributed by atoms with Crippen LogP contribution < -0.4 is 5.32 Å². The van der Waals surface area contributed by atoms with E-state index in [2.05, 4.69) is 50.0 Å². The van der Waals surface area contributed by atoms with Gasteiger partial charge in [-0.1, -0.05) is 76.2 Å². The van der Waals surface area contributed by atoms with Gasteiger partial charge in [-0.3, -0.25) is 14.5 Å². The zero-order chi connectivity index (χ0) is 30.1. The lowest BCUT2D eigenvalue weighted by atomic mass is 9.65. The van der Waals surface area contributed by atoms with Crippen LogP contribution in [0.5, 0.6) is 0 Å². The first-order valence-corrected chi connectivity index (χ1v) is 15.3. The Morgan fingerprint density at radius 3 is 2.29 bits per heavy atom. The van der Waals surface area contributed by atoms with E-state index in [1.807, 2.05) is 36.4 Å².